The van der Waals surface area contributed by atoms with Crippen LogP contribution in [-0.4, -0.2) is 39.8 Å². The van der Waals surface area contributed by atoms with Gasteiger partial charge in [-0.15, -0.1) is 11.3 Å². The quantitative estimate of drug-likeness (QED) is 0.860. The predicted molar refractivity (Wildman–Crippen MR) is 76.1 cm³/mol. The number of amides is 1. The summed E-state index contributed by atoms with van der Waals surface area (Å²) in [6.45, 7) is 0.346. The van der Waals surface area contributed by atoms with Crippen LogP contribution in [0.25, 0.3) is 0 Å². The van der Waals surface area contributed by atoms with Gasteiger partial charge in [0.05, 0.1) is 22.8 Å². The van der Waals surface area contributed by atoms with Crippen molar-refractivity contribution in [3.05, 3.63) is 45.9 Å². The van der Waals surface area contributed by atoms with Crippen LogP contribution in [0.2, 0.25) is 0 Å². The van der Waals surface area contributed by atoms with Gasteiger partial charge in [0, 0.05) is 13.6 Å². The predicted octanol–water partition coefficient (Wildman–Crippen LogP) is 1.15. The van der Waals surface area contributed by atoms with Crippen molar-refractivity contribution in [3.8, 4) is 11.8 Å². The molecule has 6 heteroatoms. The minimum Gasteiger partial charge on any atom is -0.384 e. The van der Waals surface area contributed by atoms with E-state index in [9.17, 15) is 4.79 Å². The Kier molecular flexibility index (Phi) is 4.82. The van der Waals surface area contributed by atoms with Crippen molar-refractivity contribution in [3.63, 3.8) is 0 Å². The Morgan fingerprint density at radius 1 is 1.50 bits per heavy atom. The number of aliphatic hydroxyl groups is 1. The lowest BCUT2D eigenvalue weighted by atomic mass is 10.2. The summed E-state index contributed by atoms with van der Waals surface area (Å²) < 4.78 is 0. The average Bonchev–Trinajstić information content (AvgIpc) is 2.92. The van der Waals surface area contributed by atoms with E-state index < -0.39 is 0 Å². The second-order valence-corrected chi connectivity index (χ2v) is 4.98. The zero-order valence-electron chi connectivity index (χ0n) is 10.9. The van der Waals surface area contributed by atoms with Crippen molar-refractivity contribution in [2.75, 3.05) is 13.7 Å². The maximum atomic E-state index is 12.1. The molecule has 0 spiro atoms. The second kappa shape index (κ2) is 6.80. The van der Waals surface area contributed by atoms with Gasteiger partial charge in [0.25, 0.3) is 5.91 Å². The van der Waals surface area contributed by atoms with Crippen LogP contribution in [0.5, 0.6) is 0 Å². The molecule has 5 nitrogen and oxygen atoms in total. The lowest BCUT2D eigenvalue weighted by molar-refractivity contribution is 0.0784. The fourth-order valence-corrected chi connectivity index (χ4v) is 2.41. The molecular formula is C14H13N3O2S. The van der Waals surface area contributed by atoms with Crippen molar-refractivity contribution >= 4 is 17.2 Å². The molecule has 2 rings (SSSR count). The molecule has 1 N–H and O–H groups in total. The SMILES string of the molecule is CN(Cc1csc(C#CCO)c1)C(=O)c1ccnnc1. The minimum absolute atomic E-state index is 0.103. The molecule has 2 aromatic heterocycles. The maximum Gasteiger partial charge on any atom is 0.255 e. The van der Waals surface area contributed by atoms with Gasteiger partial charge in [-0.2, -0.15) is 10.2 Å². The van der Waals surface area contributed by atoms with Gasteiger partial charge in [0.15, 0.2) is 0 Å². The molecule has 0 aliphatic carbocycles. The van der Waals surface area contributed by atoms with Crippen LogP contribution in [0.4, 0.5) is 0 Å². The second-order valence-electron chi connectivity index (χ2n) is 4.07. The summed E-state index contributed by atoms with van der Waals surface area (Å²) in [5, 5.41) is 17.9. The van der Waals surface area contributed by atoms with E-state index in [1.807, 2.05) is 11.4 Å². The summed E-state index contributed by atoms with van der Waals surface area (Å²) in [6.07, 6.45) is 2.94. The Hall–Kier alpha value is -2.23. The topological polar surface area (TPSA) is 66.3 Å². The van der Waals surface area contributed by atoms with Crippen LogP contribution >= 0.6 is 11.3 Å². The number of hydrogen-bond acceptors (Lipinski definition) is 5. The highest BCUT2D eigenvalue weighted by Gasteiger charge is 2.12. The number of hydrogen-bond donors (Lipinski definition) is 1. The van der Waals surface area contributed by atoms with Crippen molar-refractivity contribution in [2.45, 2.75) is 6.54 Å². The molecule has 0 saturated heterocycles. The Morgan fingerprint density at radius 3 is 3.05 bits per heavy atom. The van der Waals surface area contributed by atoms with Crippen LogP contribution in [0.1, 0.15) is 20.8 Å². The zero-order valence-corrected chi connectivity index (χ0v) is 11.7. The first kappa shape index (κ1) is 14.2. The summed E-state index contributed by atoms with van der Waals surface area (Å²) in [5.74, 6) is 5.34. The standard InChI is InChI=1S/C14H13N3O2S/c1-17(14(19)12-4-5-15-16-8-12)9-11-7-13(20-10-11)3-2-6-18/h4-5,7-8,10,18H,6,9H2,1H3. The van der Waals surface area contributed by atoms with Crippen molar-refractivity contribution < 1.29 is 9.90 Å². The number of aromatic nitrogens is 2. The first-order chi connectivity index (χ1) is 9.70. The molecular weight excluding hydrogens is 274 g/mol. The zero-order chi connectivity index (χ0) is 14.4. The van der Waals surface area contributed by atoms with Gasteiger partial charge >= 0.3 is 0 Å². The normalized spacial score (nSPS) is 9.70. The van der Waals surface area contributed by atoms with Crippen molar-refractivity contribution in [1.82, 2.24) is 15.1 Å². The molecule has 20 heavy (non-hydrogen) atoms. The number of aliphatic hydroxyl groups excluding tert-OH is 1. The number of nitrogens with zero attached hydrogens (tertiary/aromatic N) is 3. The molecule has 0 fully saturated rings. The Balaban J connectivity index is 2.02. The van der Waals surface area contributed by atoms with Crippen molar-refractivity contribution in [1.29, 1.82) is 0 Å². The van der Waals surface area contributed by atoms with Gasteiger partial charge in [-0.05, 0) is 23.1 Å². The van der Waals surface area contributed by atoms with E-state index >= 15 is 0 Å². The highest BCUT2D eigenvalue weighted by Crippen LogP contribution is 2.15. The van der Waals surface area contributed by atoms with Gasteiger partial charge in [-0.25, -0.2) is 0 Å². The fraction of sp³-hybridized carbons (Fsp3) is 0.214. The third-order valence-corrected chi connectivity index (χ3v) is 3.44. The van der Waals surface area contributed by atoms with Crippen LogP contribution in [0.3, 0.4) is 0 Å². The van der Waals surface area contributed by atoms with Gasteiger partial charge in [-0.3, -0.25) is 4.79 Å². The van der Waals surface area contributed by atoms with Crippen LogP contribution < -0.4 is 0 Å². The molecule has 0 aliphatic rings. The summed E-state index contributed by atoms with van der Waals surface area (Å²) >= 11 is 1.49. The molecule has 1 amide bonds. The van der Waals surface area contributed by atoms with Gasteiger partial charge < -0.3 is 10.0 Å². The summed E-state index contributed by atoms with van der Waals surface area (Å²) in [7, 11) is 1.74. The summed E-state index contributed by atoms with van der Waals surface area (Å²) in [6, 6.07) is 3.56. The van der Waals surface area contributed by atoms with Gasteiger partial charge in [0.2, 0.25) is 0 Å². The third kappa shape index (κ3) is 3.63. The number of thiophene rings is 1. The average molecular weight is 287 g/mol. The molecule has 0 bridgehead atoms. The van der Waals surface area contributed by atoms with Gasteiger partial charge in [0.1, 0.15) is 6.61 Å². The summed E-state index contributed by atoms with van der Waals surface area (Å²) in [4.78, 5) is 14.6. The van der Waals surface area contributed by atoms with E-state index in [0.29, 0.717) is 12.1 Å². The molecule has 102 valence electrons. The van der Waals surface area contributed by atoms with E-state index in [0.717, 1.165) is 10.4 Å². The largest absolute Gasteiger partial charge is 0.384 e. The monoisotopic (exact) mass is 287 g/mol. The van der Waals surface area contributed by atoms with E-state index in [1.165, 1.54) is 23.7 Å². The van der Waals surface area contributed by atoms with Crippen molar-refractivity contribution in [2.24, 2.45) is 0 Å². The lowest BCUT2D eigenvalue weighted by Gasteiger charge is -2.15. The highest BCUT2D eigenvalue weighted by atomic mass is 32.1. The van der Waals surface area contributed by atoms with E-state index in [2.05, 4.69) is 22.0 Å². The van der Waals surface area contributed by atoms with E-state index in [-0.39, 0.29) is 12.5 Å². The smallest absolute Gasteiger partial charge is 0.255 e. The van der Waals surface area contributed by atoms with Crippen LogP contribution in [0, 0.1) is 11.8 Å². The first-order valence-corrected chi connectivity index (χ1v) is 6.78. The molecule has 0 aromatic carbocycles. The molecule has 0 radical (unpaired) electrons. The molecule has 0 aliphatic heterocycles. The number of carbonyl (C=O) groups is 1. The van der Waals surface area contributed by atoms with Gasteiger partial charge in [-0.1, -0.05) is 11.8 Å². The number of rotatable bonds is 3. The Morgan fingerprint density at radius 2 is 2.35 bits per heavy atom. The highest BCUT2D eigenvalue weighted by molar-refractivity contribution is 7.10. The number of carbonyl (C=O) groups excluding carboxylic acids is 1. The summed E-state index contributed by atoms with van der Waals surface area (Å²) in [5.41, 5.74) is 1.52. The molecule has 0 unspecified atom stereocenters. The molecule has 0 saturated carbocycles. The van der Waals surface area contributed by atoms with Crippen LogP contribution in [0.15, 0.2) is 29.9 Å². The maximum absolute atomic E-state index is 12.1. The van der Waals surface area contributed by atoms with Crippen LogP contribution in [-0.2, 0) is 6.54 Å². The van der Waals surface area contributed by atoms with E-state index in [1.54, 1.807) is 18.0 Å². The first-order valence-electron chi connectivity index (χ1n) is 5.90. The molecule has 2 aromatic rings. The minimum atomic E-state index is -0.152. The van der Waals surface area contributed by atoms with E-state index in [4.69, 9.17) is 5.11 Å². The Labute approximate surface area is 120 Å². The molecule has 0 atom stereocenters. The third-order valence-electron chi connectivity index (χ3n) is 2.54. The lowest BCUT2D eigenvalue weighted by Crippen LogP contribution is -2.26. The Bertz CT molecular complexity index is 643. The molecule has 2 heterocycles. The fourth-order valence-electron chi connectivity index (χ4n) is 1.63.